The molecule has 0 unspecified atom stereocenters. The van der Waals surface area contributed by atoms with Crippen LogP contribution in [0.1, 0.15) is 21.7 Å². The SMILES string of the molecule is Cc1c(C(=O)NNC(=O)/C=C/c2ccc3c(c2)OCO3)oc2ccccc12. The van der Waals surface area contributed by atoms with Crippen LogP contribution in [0.5, 0.6) is 11.5 Å². The van der Waals surface area contributed by atoms with Crippen molar-refractivity contribution in [1.82, 2.24) is 10.9 Å². The van der Waals surface area contributed by atoms with Crippen LogP contribution in [0, 0.1) is 6.92 Å². The maximum Gasteiger partial charge on any atom is 0.305 e. The first-order valence-electron chi connectivity index (χ1n) is 8.28. The maximum atomic E-state index is 12.3. The fourth-order valence-electron chi connectivity index (χ4n) is 2.80. The lowest BCUT2D eigenvalue weighted by molar-refractivity contribution is -0.117. The molecule has 3 aromatic rings. The smallest absolute Gasteiger partial charge is 0.305 e. The summed E-state index contributed by atoms with van der Waals surface area (Å²) in [5.74, 6) is 0.468. The number of carbonyl (C=O) groups is 2. The van der Waals surface area contributed by atoms with E-state index in [1.807, 2.05) is 18.2 Å². The number of furan rings is 1. The molecule has 0 radical (unpaired) electrons. The number of fused-ring (bicyclic) bond motifs is 2. The molecular formula is C20H16N2O5. The van der Waals surface area contributed by atoms with E-state index in [1.54, 1.807) is 37.3 Å². The Balaban J connectivity index is 1.38. The predicted octanol–water partition coefficient (Wildman–Crippen LogP) is 2.94. The Morgan fingerprint density at radius 1 is 1.04 bits per heavy atom. The standard InChI is InChI=1S/C20H16N2O5/c1-12-14-4-2-3-5-15(14)27-19(12)20(24)22-21-18(23)9-7-13-6-8-16-17(10-13)26-11-25-16/h2-10H,11H2,1H3,(H,21,23)(H,22,24)/b9-7+. The number of aryl methyl sites for hydroxylation is 1. The van der Waals surface area contributed by atoms with Gasteiger partial charge in [-0.2, -0.15) is 0 Å². The van der Waals surface area contributed by atoms with E-state index in [2.05, 4.69) is 10.9 Å². The number of amides is 2. The Morgan fingerprint density at radius 3 is 2.70 bits per heavy atom. The Labute approximate surface area is 154 Å². The molecule has 0 spiro atoms. The molecule has 4 rings (SSSR count). The van der Waals surface area contributed by atoms with Crippen LogP contribution in [0.25, 0.3) is 17.0 Å². The zero-order valence-electron chi connectivity index (χ0n) is 14.4. The summed E-state index contributed by atoms with van der Waals surface area (Å²) in [6.45, 7) is 1.98. The second kappa shape index (κ2) is 6.87. The molecule has 1 aromatic heterocycles. The first-order chi connectivity index (χ1) is 13.1. The average molecular weight is 364 g/mol. The van der Waals surface area contributed by atoms with Crippen LogP contribution in [0.3, 0.4) is 0 Å². The zero-order valence-corrected chi connectivity index (χ0v) is 14.4. The third-order valence-corrected chi connectivity index (χ3v) is 4.17. The first-order valence-corrected chi connectivity index (χ1v) is 8.28. The van der Waals surface area contributed by atoms with Crippen molar-refractivity contribution in [3.8, 4) is 11.5 Å². The fourth-order valence-corrected chi connectivity index (χ4v) is 2.80. The van der Waals surface area contributed by atoms with E-state index in [1.165, 1.54) is 6.08 Å². The number of hydrogen-bond acceptors (Lipinski definition) is 5. The predicted molar refractivity (Wildman–Crippen MR) is 98.2 cm³/mol. The van der Waals surface area contributed by atoms with Crippen molar-refractivity contribution in [2.24, 2.45) is 0 Å². The Bertz CT molecular complexity index is 1070. The van der Waals surface area contributed by atoms with Gasteiger partial charge in [0.15, 0.2) is 17.3 Å². The molecule has 0 saturated carbocycles. The number of carbonyl (C=O) groups excluding carboxylic acids is 2. The van der Waals surface area contributed by atoms with Gasteiger partial charge in [-0.05, 0) is 36.8 Å². The lowest BCUT2D eigenvalue weighted by Gasteiger charge is -2.04. The number of ether oxygens (including phenoxy) is 2. The van der Waals surface area contributed by atoms with Gasteiger partial charge >= 0.3 is 5.91 Å². The minimum Gasteiger partial charge on any atom is -0.454 e. The highest BCUT2D eigenvalue weighted by Gasteiger charge is 2.17. The van der Waals surface area contributed by atoms with E-state index in [0.29, 0.717) is 22.6 Å². The van der Waals surface area contributed by atoms with Crippen molar-refractivity contribution in [3.05, 3.63) is 65.4 Å². The highest BCUT2D eigenvalue weighted by atomic mass is 16.7. The zero-order chi connectivity index (χ0) is 18.8. The molecule has 0 aliphatic carbocycles. The van der Waals surface area contributed by atoms with Gasteiger partial charge in [0.2, 0.25) is 6.79 Å². The first kappa shape index (κ1) is 16.7. The van der Waals surface area contributed by atoms with Crippen LogP contribution in [0.15, 0.2) is 53.0 Å². The van der Waals surface area contributed by atoms with Gasteiger partial charge < -0.3 is 13.9 Å². The minimum atomic E-state index is -0.520. The molecule has 0 atom stereocenters. The van der Waals surface area contributed by atoms with Crippen LogP contribution in [0.4, 0.5) is 0 Å². The molecule has 2 N–H and O–H groups in total. The summed E-state index contributed by atoms with van der Waals surface area (Å²) in [5.41, 5.74) is 6.79. The molecule has 0 saturated heterocycles. The van der Waals surface area contributed by atoms with Crippen LogP contribution in [-0.2, 0) is 4.79 Å². The van der Waals surface area contributed by atoms with E-state index in [0.717, 1.165) is 10.9 Å². The molecule has 7 nitrogen and oxygen atoms in total. The molecule has 2 aromatic carbocycles. The number of para-hydroxylation sites is 1. The van der Waals surface area contributed by atoms with Gasteiger partial charge in [-0.3, -0.25) is 20.4 Å². The van der Waals surface area contributed by atoms with Crippen molar-refractivity contribution in [3.63, 3.8) is 0 Å². The van der Waals surface area contributed by atoms with E-state index < -0.39 is 11.8 Å². The summed E-state index contributed by atoms with van der Waals surface area (Å²) < 4.78 is 16.1. The Kier molecular flexibility index (Phi) is 4.25. The Morgan fingerprint density at radius 2 is 1.85 bits per heavy atom. The largest absolute Gasteiger partial charge is 0.454 e. The second-order valence-corrected chi connectivity index (χ2v) is 5.94. The van der Waals surface area contributed by atoms with Crippen molar-refractivity contribution >= 4 is 28.9 Å². The monoisotopic (exact) mass is 364 g/mol. The van der Waals surface area contributed by atoms with Crippen molar-refractivity contribution in [2.45, 2.75) is 6.92 Å². The molecule has 136 valence electrons. The molecule has 0 fully saturated rings. The summed E-state index contributed by atoms with van der Waals surface area (Å²) in [6, 6.07) is 12.7. The third-order valence-electron chi connectivity index (χ3n) is 4.17. The average Bonchev–Trinajstić information content (AvgIpc) is 3.29. The van der Waals surface area contributed by atoms with Crippen LogP contribution in [0.2, 0.25) is 0 Å². The van der Waals surface area contributed by atoms with E-state index >= 15 is 0 Å². The third kappa shape index (κ3) is 3.35. The van der Waals surface area contributed by atoms with Crippen molar-refractivity contribution in [1.29, 1.82) is 0 Å². The van der Waals surface area contributed by atoms with Gasteiger partial charge in [-0.15, -0.1) is 0 Å². The van der Waals surface area contributed by atoms with E-state index in [9.17, 15) is 9.59 Å². The maximum absolute atomic E-state index is 12.3. The van der Waals surface area contributed by atoms with Gasteiger partial charge in [0.05, 0.1) is 0 Å². The number of hydrazine groups is 1. The van der Waals surface area contributed by atoms with Gasteiger partial charge in [0, 0.05) is 17.0 Å². The summed E-state index contributed by atoms with van der Waals surface area (Å²) in [7, 11) is 0. The molecule has 1 aliphatic heterocycles. The van der Waals surface area contributed by atoms with Crippen molar-refractivity contribution in [2.75, 3.05) is 6.79 Å². The van der Waals surface area contributed by atoms with Gasteiger partial charge in [0.1, 0.15) is 5.58 Å². The highest BCUT2D eigenvalue weighted by Crippen LogP contribution is 2.32. The summed E-state index contributed by atoms with van der Waals surface area (Å²) >= 11 is 0. The molecule has 1 aliphatic rings. The highest BCUT2D eigenvalue weighted by molar-refractivity contribution is 6.00. The molecule has 2 heterocycles. The lowest BCUT2D eigenvalue weighted by atomic mass is 10.1. The topological polar surface area (TPSA) is 89.8 Å². The molecule has 0 bridgehead atoms. The number of nitrogens with one attached hydrogen (secondary N) is 2. The summed E-state index contributed by atoms with van der Waals surface area (Å²) in [5, 5.41) is 0.858. The van der Waals surface area contributed by atoms with E-state index in [4.69, 9.17) is 13.9 Å². The number of rotatable bonds is 3. The quantitative estimate of drug-likeness (QED) is 0.551. The van der Waals surface area contributed by atoms with Gasteiger partial charge in [-0.25, -0.2) is 0 Å². The normalized spacial score (nSPS) is 12.5. The number of hydrogen-bond donors (Lipinski definition) is 2. The summed E-state index contributed by atoms with van der Waals surface area (Å²) in [6.07, 6.45) is 2.92. The summed E-state index contributed by atoms with van der Waals surface area (Å²) in [4.78, 5) is 24.2. The number of benzene rings is 2. The van der Waals surface area contributed by atoms with Crippen LogP contribution < -0.4 is 20.3 Å². The molecule has 27 heavy (non-hydrogen) atoms. The Hall–Kier alpha value is -3.74. The lowest BCUT2D eigenvalue weighted by Crippen LogP contribution is -2.40. The second-order valence-electron chi connectivity index (χ2n) is 5.94. The molecular weight excluding hydrogens is 348 g/mol. The van der Waals surface area contributed by atoms with Crippen LogP contribution >= 0.6 is 0 Å². The minimum absolute atomic E-state index is 0.163. The molecule has 7 heteroatoms. The fraction of sp³-hybridized carbons (Fsp3) is 0.100. The van der Waals surface area contributed by atoms with Crippen molar-refractivity contribution < 1.29 is 23.5 Å². The van der Waals surface area contributed by atoms with Gasteiger partial charge in [-0.1, -0.05) is 24.3 Å². The van der Waals surface area contributed by atoms with E-state index in [-0.39, 0.29) is 12.6 Å². The molecule has 2 amide bonds. The van der Waals surface area contributed by atoms with Gasteiger partial charge in [0.25, 0.3) is 5.91 Å². The van der Waals surface area contributed by atoms with Crippen LogP contribution in [-0.4, -0.2) is 18.6 Å².